The number of hydrogen-bond acceptors (Lipinski definition) is 6. The molecule has 158 valence electrons. The fraction of sp³-hybridized carbons (Fsp3) is 0.0417. The number of furan rings is 1. The molecule has 5 rings (SSSR count). The molecule has 32 heavy (non-hydrogen) atoms. The molecule has 0 radical (unpaired) electrons. The van der Waals surface area contributed by atoms with E-state index in [1.54, 1.807) is 49.8 Å². The summed E-state index contributed by atoms with van der Waals surface area (Å²) in [6.07, 6.45) is 1.56. The van der Waals surface area contributed by atoms with Crippen molar-refractivity contribution in [3.8, 4) is 34.0 Å². The average Bonchev–Trinajstić information content (AvgIpc) is 3.34. The molecular formula is C24H18N4O3S. The van der Waals surface area contributed by atoms with Crippen LogP contribution in [-0.4, -0.2) is 21.6 Å². The summed E-state index contributed by atoms with van der Waals surface area (Å²) in [6.45, 7) is 0. The number of rotatable bonds is 4. The Morgan fingerprint density at radius 1 is 1.09 bits per heavy atom. The monoisotopic (exact) mass is 442 g/mol. The number of aromatic amines is 1. The molecular weight excluding hydrogens is 424 g/mol. The molecule has 3 heterocycles. The Hall–Kier alpha value is -4.17. The molecule has 0 saturated heterocycles. The number of para-hydroxylation sites is 2. The minimum absolute atomic E-state index is 0.208. The summed E-state index contributed by atoms with van der Waals surface area (Å²) in [5.74, 6) is 1.07. The number of nitrogen functional groups attached to an aromatic ring is 1. The van der Waals surface area contributed by atoms with Crippen molar-refractivity contribution in [2.24, 2.45) is 0 Å². The maximum atomic E-state index is 13.7. The van der Waals surface area contributed by atoms with E-state index in [9.17, 15) is 4.79 Å². The summed E-state index contributed by atoms with van der Waals surface area (Å²) >= 11 is 5.55. The molecule has 0 aliphatic rings. The van der Waals surface area contributed by atoms with E-state index in [0.29, 0.717) is 45.2 Å². The zero-order valence-electron chi connectivity index (χ0n) is 17.0. The van der Waals surface area contributed by atoms with Gasteiger partial charge in [0.15, 0.2) is 4.77 Å². The van der Waals surface area contributed by atoms with Gasteiger partial charge < -0.3 is 19.9 Å². The van der Waals surface area contributed by atoms with Crippen LogP contribution in [0.5, 0.6) is 5.75 Å². The number of fused-ring (bicyclic) bond motifs is 1. The van der Waals surface area contributed by atoms with Crippen molar-refractivity contribution in [1.82, 2.24) is 14.5 Å². The topological polar surface area (TPSA) is 99.1 Å². The summed E-state index contributed by atoms with van der Waals surface area (Å²) in [7, 11) is 1.55. The van der Waals surface area contributed by atoms with Crippen molar-refractivity contribution in [1.29, 1.82) is 0 Å². The minimum atomic E-state index is -0.323. The zero-order valence-corrected chi connectivity index (χ0v) is 17.8. The van der Waals surface area contributed by atoms with Crippen molar-refractivity contribution in [2.75, 3.05) is 12.8 Å². The molecule has 0 bridgehead atoms. The van der Waals surface area contributed by atoms with Crippen LogP contribution in [0.25, 0.3) is 39.3 Å². The van der Waals surface area contributed by atoms with Crippen molar-refractivity contribution >= 4 is 28.9 Å². The summed E-state index contributed by atoms with van der Waals surface area (Å²) in [5.41, 5.74) is 9.17. The van der Waals surface area contributed by atoms with Crippen LogP contribution >= 0.6 is 12.2 Å². The molecule has 0 spiro atoms. The number of anilines is 1. The Kier molecular flexibility index (Phi) is 4.84. The lowest BCUT2D eigenvalue weighted by atomic mass is 10.0. The zero-order chi connectivity index (χ0) is 22.2. The lowest BCUT2D eigenvalue weighted by Crippen LogP contribution is -2.22. The van der Waals surface area contributed by atoms with E-state index >= 15 is 0 Å². The van der Waals surface area contributed by atoms with Gasteiger partial charge in [-0.05, 0) is 54.7 Å². The normalized spacial score (nSPS) is 11.0. The van der Waals surface area contributed by atoms with Crippen molar-refractivity contribution in [3.05, 3.63) is 88.1 Å². The second-order valence-electron chi connectivity index (χ2n) is 7.12. The van der Waals surface area contributed by atoms with E-state index in [2.05, 4.69) is 4.98 Å². The predicted molar refractivity (Wildman–Crippen MR) is 127 cm³/mol. The van der Waals surface area contributed by atoms with Gasteiger partial charge in [0.05, 0.1) is 30.1 Å². The Bertz CT molecular complexity index is 1550. The highest BCUT2D eigenvalue weighted by Gasteiger charge is 2.19. The lowest BCUT2D eigenvalue weighted by molar-refractivity contribution is 0.412. The SMILES string of the molecule is COc1ccccc1-n1c(=S)[nH]c2nc(-c3ccc(N)cc3)cc(-c3ccco3)c2c1=O. The minimum Gasteiger partial charge on any atom is -0.495 e. The first-order chi connectivity index (χ1) is 15.6. The van der Waals surface area contributed by atoms with Gasteiger partial charge in [0.1, 0.15) is 17.2 Å². The lowest BCUT2D eigenvalue weighted by Gasteiger charge is -2.14. The van der Waals surface area contributed by atoms with Gasteiger partial charge in [-0.25, -0.2) is 9.55 Å². The molecule has 0 aliphatic heterocycles. The van der Waals surface area contributed by atoms with Crippen LogP contribution in [0.15, 0.2) is 82.2 Å². The van der Waals surface area contributed by atoms with Gasteiger partial charge in [0.25, 0.3) is 5.56 Å². The van der Waals surface area contributed by atoms with E-state index in [1.807, 2.05) is 30.3 Å². The maximum absolute atomic E-state index is 13.7. The van der Waals surface area contributed by atoms with E-state index in [4.69, 9.17) is 32.1 Å². The summed E-state index contributed by atoms with van der Waals surface area (Å²) in [5, 5.41) is 0.360. The van der Waals surface area contributed by atoms with Crippen molar-refractivity contribution < 1.29 is 9.15 Å². The molecule has 3 aromatic heterocycles. The third-order valence-electron chi connectivity index (χ3n) is 5.18. The second kappa shape index (κ2) is 7.82. The standard InChI is InChI=1S/C24H18N4O3S/c1-30-20-6-3-2-5-18(20)28-23(29)21-16(19-7-4-12-31-19)13-17(26-22(21)27-24(28)32)14-8-10-15(25)11-9-14/h2-13H,25H2,1H3,(H,26,27,32). The second-order valence-corrected chi connectivity index (χ2v) is 7.51. The van der Waals surface area contributed by atoms with Crippen LogP contribution in [0.3, 0.4) is 0 Å². The van der Waals surface area contributed by atoms with Gasteiger partial charge in [-0.15, -0.1) is 0 Å². The first-order valence-electron chi connectivity index (χ1n) is 9.80. The van der Waals surface area contributed by atoms with Crippen LogP contribution in [0.4, 0.5) is 5.69 Å². The third-order valence-corrected chi connectivity index (χ3v) is 5.47. The highest BCUT2D eigenvalue weighted by molar-refractivity contribution is 7.71. The Labute approximate surface area is 187 Å². The fourth-order valence-corrected chi connectivity index (χ4v) is 3.95. The molecule has 0 saturated carbocycles. The van der Waals surface area contributed by atoms with Crippen LogP contribution in [-0.2, 0) is 0 Å². The number of nitrogens with zero attached hydrogens (tertiary/aromatic N) is 2. The number of hydrogen-bond donors (Lipinski definition) is 2. The van der Waals surface area contributed by atoms with Gasteiger partial charge in [0, 0.05) is 16.8 Å². The number of H-pyrrole nitrogens is 1. The average molecular weight is 443 g/mol. The van der Waals surface area contributed by atoms with Crippen LogP contribution in [0.1, 0.15) is 0 Å². The number of pyridine rings is 1. The Morgan fingerprint density at radius 3 is 2.59 bits per heavy atom. The summed E-state index contributed by atoms with van der Waals surface area (Å²) < 4.78 is 12.7. The number of nitrogens with two attached hydrogens (primary N) is 1. The molecule has 0 atom stereocenters. The van der Waals surface area contributed by atoms with Gasteiger partial charge in [-0.2, -0.15) is 0 Å². The molecule has 8 heteroatoms. The number of nitrogens with one attached hydrogen (secondary N) is 1. The number of aromatic nitrogens is 3. The molecule has 7 nitrogen and oxygen atoms in total. The van der Waals surface area contributed by atoms with E-state index in [1.165, 1.54) is 4.57 Å². The van der Waals surface area contributed by atoms with Crippen molar-refractivity contribution in [3.63, 3.8) is 0 Å². The maximum Gasteiger partial charge on any atom is 0.269 e. The quantitative estimate of drug-likeness (QED) is 0.301. The molecule has 3 N–H and O–H groups in total. The van der Waals surface area contributed by atoms with Gasteiger partial charge in [-0.1, -0.05) is 24.3 Å². The first kappa shape index (κ1) is 19.8. The van der Waals surface area contributed by atoms with Crippen LogP contribution in [0, 0.1) is 4.77 Å². The largest absolute Gasteiger partial charge is 0.495 e. The summed E-state index contributed by atoms with van der Waals surface area (Å²) in [6, 6.07) is 20.0. The predicted octanol–water partition coefficient (Wildman–Crippen LogP) is 4.96. The van der Waals surface area contributed by atoms with Crippen LogP contribution < -0.4 is 16.0 Å². The molecule has 5 aromatic rings. The Morgan fingerprint density at radius 2 is 1.88 bits per heavy atom. The van der Waals surface area contributed by atoms with E-state index < -0.39 is 0 Å². The number of methoxy groups -OCH3 is 1. The van der Waals surface area contributed by atoms with E-state index in [0.717, 1.165) is 5.56 Å². The van der Waals surface area contributed by atoms with Gasteiger partial charge >= 0.3 is 0 Å². The highest BCUT2D eigenvalue weighted by atomic mass is 32.1. The van der Waals surface area contributed by atoms with E-state index in [-0.39, 0.29) is 10.3 Å². The first-order valence-corrected chi connectivity index (χ1v) is 10.2. The smallest absolute Gasteiger partial charge is 0.269 e. The van der Waals surface area contributed by atoms with Gasteiger partial charge in [-0.3, -0.25) is 4.79 Å². The fourth-order valence-electron chi connectivity index (χ4n) is 3.67. The number of ether oxygens (including phenoxy) is 1. The van der Waals surface area contributed by atoms with Gasteiger partial charge in [0.2, 0.25) is 0 Å². The molecule has 0 unspecified atom stereocenters. The Balaban J connectivity index is 1.87. The highest BCUT2D eigenvalue weighted by Crippen LogP contribution is 2.31. The molecule has 0 aliphatic carbocycles. The third kappa shape index (κ3) is 3.27. The van der Waals surface area contributed by atoms with Crippen LogP contribution in [0.2, 0.25) is 0 Å². The molecule has 0 fully saturated rings. The molecule has 2 aromatic carbocycles. The molecule has 0 amide bonds. The number of benzene rings is 2. The van der Waals surface area contributed by atoms with Crippen molar-refractivity contribution in [2.45, 2.75) is 0 Å². The summed E-state index contributed by atoms with van der Waals surface area (Å²) in [4.78, 5) is 21.6.